The molecule has 1 amide bonds. The Morgan fingerprint density at radius 3 is 2.50 bits per heavy atom. The Kier molecular flexibility index (Phi) is 5.75. The number of carbonyl (C=O) groups excluding carboxylic acids is 2. The Morgan fingerprint density at radius 2 is 2.00 bits per heavy atom. The van der Waals surface area contributed by atoms with Crippen molar-refractivity contribution < 1.29 is 37.0 Å². The normalized spacial score (nSPS) is 26.9. The largest absolute Gasteiger partial charge is 0.471 e. The highest BCUT2D eigenvalue weighted by molar-refractivity contribution is 5.82. The molecule has 1 fully saturated rings. The van der Waals surface area contributed by atoms with Gasteiger partial charge in [0.2, 0.25) is 0 Å². The second-order valence-corrected chi connectivity index (χ2v) is 4.32. The predicted octanol–water partition coefficient (Wildman–Crippen LogP) is 0.748. The summed E-state index contributed by atoms with van der Waals surface area (Å²) in [4.78, 5) is 21.5. The van der Waals surface area contributed by atoms with Gasteiger partial charge in [-0.15, -0.1) is 0 Å². The van der Waals surface area contributed by atoms with Crippen LogP contribution in [0.3, 0.4) is 0 Å². The minimum atomic E-state index is -4.95. The summed E-state index contributed by atoms with van der Waals surface area (Å²) in [6.07, 6.45) is -5.87. The second kappa shape index (κ2) is 6.89. The van der Waals surface area contributed by atoms with Crippen molar-refractivity contribution in [3.63, 3.8) is 0 Å². The molecule has 1 rings (SSSR count). The van der Waals surface area contributed by atoms with E-state index in [0.29, 0.717) is 6.42 Å². The minimum absolute atomic E-state index is 0.00483. The van der Waals surface area contributed by atoms with Crippen LogP contribution in [0.5, 0.6) is 0 Å². The van der Waals surface area contributed by atoms with Gasteiger partial charge >= 0.3 is 18.1 Å². The number of carbonyl (C=O) groups is 2. The van der Waals surface area contributed by atoms with E-state index in [1.54, 1.807) is 0 Å². The molecule has 6 nitrogen and oxygen atoms in total. The first kappa shape index (κ1) is 16.7. The van der Waals surface area contributed by atoms with Crippen molar-refractivity contribution in [1.29, 1.82) is 0 Å². The number of rotatable bonds is 4. The van der Waals surface area contributed by atoms with Gasteiger partial charge in [-0.3, -0.25) is 9.59 Å². The molecule has 0 aromatic carbocycles. The fourth-order valence-electron chi connectivity index (χ4n) is 1.80. The van der Waals surface area contributed by atoms with Crippen molar-refractivity contribution in [3.05, 3.63) is 0 Å². The van der Waals surface area contributed by atoms with Crippen molar-refractivity contribution >= 4 is 11.9 Å². The van der Waals surface area contributed by atoms with E-state index in [-0.39, 0.29) is 13.0 Å². The highest BCUT2D eigenvalue weighted by atomic mass is 19.4. The SMILES string of the molecule is CO[C@H]1O[C@@H](COC(C)=O)CC[C@@H]1NC(=O)C(F)(F)F. The van der Waals surface area contributed by atoms with Gasteiger partial charge in [-0.2, -0.15) is 13.2 Å². The molecule has 1 aliphatic rings. The first-order chi connectivity index (χ1) is 9.24. The lowest BCUT2D eigenvalue weighted by Gasteiger charge is -2.35. The van der Waals surface area contributed by atoms with Crippen molar-refractivity contribution in [3.8, 4) is 0 Å². The van der Waals surface area contributed by atoms with Crippen molar-refractivity contribution in [2.45, 2.75) is 44.4 Å². The summed E-state index contributed by atoms with van der Waals surface area (Å²) >= 11 is 0. The minimum Gasteiger partial charge on any atom is -0.463 e. The van der Waals surface area contributed by atoms with Crippen LogP contribution >= 0.6 is 0 Å². The number of esters is 1. The summed E-state index contributed by atoms with van der Waals surface area (Å²) in [5.74, 6) is -2.51. The highest BCUT2D eigenvalue weighted by Crippen LogP contribution is 2.22. The van der Waals surface area contributed by atoms with E-state index in [1.807, 2.05) is 5.32 Å². The molecular weight excluding hydrogens is 283 g/mol. The molecule has 1 aliphatic heterocycles. The van der Waals surface area contributed by atoms with E-state index in [4.69, 9.17) is 14.2 Å². The summed E-state index contributed by atoms with van der Waals surface area (Å²) in [5, 5.41) is 1.82. The van der Waals surface area contributed by atoms with Gasteiger partial charge in [0.25, 0.3) is 0 Å². The molecule has 3 atom stereocenters. The molecule has 0 aromatic rings. The lowest BCUT2D eigenvalue weighted by molar-refractivity contribution is -0.212. The van der Waals surface area contributed by atoms with Crippen molar-refractivity contribution in [1.82, 2.24) is 5.32 Å². The number of amides is 1. The van der Waals surface area contributed by atoms with Gasteiger partial charge in [0.05, 0.1) is 12.1 Å². The maximum absolute atomic E-state index is 12.2. The molecule has 9 heteroatoms. The number of ether oxygens (including phenoxy) is 3. The standard InChI is InChI=1S/C11H16F3NO5/c1-6(16)19-5-7-3-4-8(9(18-2)20-7)15-10(17)11(12,13)14/h7-9H,3-5H2,1-2H3,(H,15,17)/t7-,8+,9+/m1/s1. The maximum Gasteiger partial charge on any atom is 0.471 e. The predicted molar refractivity (Wildman–Crippen MR) is 59.5 cm³/mol. The lowest BCUT2D eigenvalue weighted by atomic mass is 10.0. The average molecular weight is 299 g/mol. The fraction of sp³-hybridized carbons (Fsp3) is 0.818. The van der Waals surface area contributed by atoms with Crippen LogP contribution in [0, 0.1) is 0 Å². The van der Waals surface area contributed by atoms with Crippen LogP contribution in [-0.4, -0.2) is 50.2 Å². The summed E-state index contributed by atoms with van der Waals surface area (Å²) in [6.45, 7) is 1.23. The molecule has 0 aromatic heterocycles. The molecular formula is C11H16F3NO5. The number of hydrogen-bond donors (Lipinski definition) is 1. The Hall–Kier alpha value is -1.35. The van der Waals surface area contributed by atoms with Crippen LogP contribution in [0.25, 0.3) is 0 Å². The van der Waals surface area contributed by atoms with Crippen molar-refractivity contribution in [2.75, 3.05) is 13.7 Å². The van der Waals surface area contributed by atoms with E-state index in [1.165, 1.54) is 14.0 Å². The zero-order chi connectivity index (χ0) is 15.3. The van der Waals surface area contributed by atoms with Gasteiger partial charge in [0.1, 0.15) is 6.61 Å². The zero-order valence-corrected chi connectivity index (χ0v) is 11.0. The lowest BCUT2D eigenvalue weighted by Crippen LogP contribution is -2.53. The molecule has 0 radical (unpaired) electrons. The number of hydrogen-bond acceptors (Lipinski definition) is 5. The Bertz CT molecular complexity index is 360. The molecule has 0 unspecified atom stereocenters. The second-order valence-electron chi connectivity index (χ2n) is 4.32. The first-order valence-corrected chi connectivity index (χ1v) is 5.93. The Labute approximate surface area is 113 Å². The van der Waals surface area contributed by atoms with Crippen LogP contribution in [0.2, 0.25) is 0 Å². The van der Waals surface area contributed by atoms with Gasteiger partial charge in [-0.25, -0.2) is 0 Å². The molecule has 116 valence electrons. The van der Waals surface area contributed by atoms with Crippen LogP contribution in [0.4, 0.5) is 13.2 Å². The third-order valence-electron chi connectivity index (χ3n) is 2.73. The van der Waals surface area contributed by atoms with E-state index >= 15 is 0 Å². The Morgan fingerprint density at radius 1 is 1.35 bits per heavy atom. The third kappa shape index (κ3) is 4.97. The molecule has 1 saturated heterocycles. The van der Waals surface area contributed by atoms with Gasteiger partial charge in [0, 0.05) is 14.0 Å². The average Bonchev–Trinajstić information content (AvgIpc) is 2.36. The van der Waals surface area contributed by atoms with Gasteiger partial charge in [0.15, 0.2) is 6.29 Å². The van der Waals surface area contributed by atoms with Crippen LogP contribution in [0.15, 0.2) is 0 Å². The van der Waals surface area contributed by atoms with Crippen molar-refractivity contribution in [2.24, 2.45) is 0 Å². The van der Waals surface area contributed by atoms with Crippen LogP contribution in [0.1, 0.15) is 19.8 Å². The number of alkyl halides is 3. The Balaban J connectivity index is 2.52. The number of methoxy groups -OCH3 is 1. The van der Waals surface area contributed by atoms with E-state index in [9.17, 15) is 22.8 Å². The topological polar surface area (TPSA) is 73.9 Å². The highest BCUT2D eigenvalue weighted by Gasteiger charge is 2.42. The van der Waals surface area contributed by atoms with Gasteiger partial charge < -0.3 is 19.5 Å². The van der Waals surface area contributed by atoms with E-state index < -0.39 is 36.5 Å². The first-order valence-electron chi connectivity index (χ1n) is 5.93. The summed E-state index contributed by atoms with van der Waals surface area (Å²) in [7, 11) is 1.26. The van der Waals surface area contributed by atoms with Gasteiger partial charge in [-0.1, -0.05) is 0 Å². The van der Waals surface area contributed by atoms with Crippen LogP contribution < -0.4 is 5.32 Å². The third-order valence-corrected chi connectivity index (χ3v) is 2.73. The summed E-state index contributed by atoms with van der Waals surface area (Å²) in [6, 6.07) is -0.900. The van der Waals surface area contributed by atoms with Crippen LogP contribution in [-0.2, 0) is 23.8 Å². The number of nitrogens with one attached hydrogen (secondary N) is 1. The summed E-state index contributed by atoms with van der Waals surface area (Å²) in [5.41, 5.74) is 0. The quantitative estimate of drug-likeness (QED) is 0.775. The fourth-order valence-corrected chi connectivity index (χ4v) is 1.80. The molecule has 0 bridgehead atoms. The van der Waals surface area contributed by atoms with E-state index in [2.05, 4.69) is 0 Å². The molecule has 0 aliphatic carbocycles. The molecule has 1 heterocycles. The molecule has 1 N–H and O–H groups in total. The zero-order valence-electron chi connectivity index (χ0n) is 11.0. The monoisotopic (exact) mass is 299 g/mol. The maximum atomic E-state index is 12.2. The van der Waals surface area contributed by atoms with E-state index in [0.717, 1.165) is 0 Å². The van der Waals surface area contributed by atoms with Gasteiger partial charge in [-0.05, 0) is 12.8 Å². The molecule has 0 spiro atoms. The smallest absolute Gasteiger partial charge is 0.463 e. The number of halogens is 3. The molecule has 20 heavy (non-hydrogen) atoms. The molecule has 0 saturated carbocycles. The summed E-state index contributed by atoms with van der Waals surface area (Å²) < 4.78 is 51.5.